The number of hydrogen-bond acceptors (Lipinski definition) is 5. The third kappa shape index (κ3) is 3.41. The molecule has 1 fully saturated rings. The predicted molar refractivity (Wildman–Crippen MR) is 90.2 cm³/mol. The number of aromatic nitrogens is 2. The quantitative estimate of drug-likeness (QED) is 0.890. The summed E-state index contributed by atoms with van der Waals surface area (Å²) < 4.78 is 0. The van der Waals surface area contributed by atoms with Crippen LogP contribution in [-0.2, 0) is 12.8 Å². The minimum Gasteiger partial charge on any atom is -0.356 e. The number of fused-ring (bicyclic) bond motifs is 1. The monoisotopic (exact) mass is 303 g/mol. The summed E-state index contributed by atoms with van der Waals surface area (Å²) in [6.07, 6.45) is 9.95. The zero-order valence-electron chi connectivity index (χ0n) is 13.8. The molecule has 0 amide bonds. The van der Waals surface area contributed by atoms with E-state index in [1.807, 2.05) is 7.05 Å². The van der Waals surface area contributed by atoms with E-state index in [2.05, 4.69) is 10.2 Å². The van der Waals surface area contributed by atoms with Crippen LogP contribution < -0.4 is 16.0 Å². The molecule has 1 aromatic rings. The number of anilines is 1. The molecule has 5 nitrogen and oxygen atoms in total. The summed E-state index contributed by atoms with van der Waals surface area (Å²) in [6, 6.07) is -0.122. The third-order valence-corrected chi connectivity index (χ3v) is 4.84. The number of aryl methyl sites for hydroxylation is 1. The summed E-state index contributed by atoms with van der Waals surface area (Å²) in [4.78, 5) is 12.2. The minimum absolute atomic E-state index is 0.122. The molecule has 3 N–H and O–H groups in total. The van der Waals surface area contributed by atoms with Crippen molar-refractivity contribution in [2.24, 2.45) is 5.73 Å². The average molecular weight is 303 g/mol. The van der Waals surface area contributed by atoms with Crippen molar-refractivity contribution in [2.75, 3.05) is 31.6 Å². The molecule has 2 aliphatic rings. The van der Waals surface area contributed by atoms with Gasteiger partial charge >= 0.3 is 0 Å². The lowest BCUT2D eigenvalue weighted by molar-refractivity contribution is 0.590. The molecule has 0 bridgehead atoms. The van der Waals surface area contributed by atoms with Gasteiger partial charge in [0.05, 0.1) is 6.04 Å². The van der Waals surface area contributed by atoms with Crippen LogP contribution in [0.3, 0.4) is 0 Å². The van der Waals surface area contributed by atoms with E-state index >= 15 is 0 Å². The Kier molecular flexibility index (Phi) is 5.26. The van der Waals surface area contributed by atoms with Crippen LogP contribution in [0.5, 0.6) is 0 Å². The van der Waals surface area contributed by atoms with Gasteiger partial charge in [-0.05, 0) is 45.6 Å². The lowest BCUT2D eigenvalue weighted by atomic mass is 9.95. The Hall–Kier alpha value is -1.20. The molecule has 2 heterocycles. The molecular weight excluding hydrogens is 274 g/mol. The van der Waals surface area contributed by atoms with E-state index in [1.165, 1.54) is 55.6 Å². The summed E-state index contributed by atoms with van der Waals surface area (Å²) in [7, 11) is 1.92. The Labute approximate surface area is 133 Å². The Morgan fingerprint density at radius 2 is 1.77 bits per heavy atom. The second-order valence-electron chi connectivity index (χ2n) is 6.60. The fraction of sp³-hybridized carbons (Fsp3) is 0.765. The van der Waals surface area contributed by atoms with Crippen LogP contribution in [0, 0.1) is 0 Å². The highest BCUT2D eigenvalue weighted by atomic mass is 15.2. The molecule has 0 saturated carbocycles. The van der Waals surface area contributed by atoms with E-state index in [0.717, 1.165) is 38.3 Å². The maximum Gasteiger partial charge on any atom is 0.148 e. The first-order valence-corrected chi connectivity index (χ1v) is 8.84. The fourth-order valence-electron chi connectivity index (χ4n) is 3.61. The largest absolute Gasteiger partial charge is 0.356 e. The molecule has 1 aliphatic carbocycles. The summed E-state index contributed by atoms with van der Waals surface area (Å²) >= 11 is 0. The Morgan fingerprint density at radius 1 is 1.05 bits per heavy atom. The number of nitrogens with one attached hydrogen (secondary N) is 1. The van der Waals surface area contributed by atoms with Gasteiger partial charge in [0.15, 0.2) is 0 Å². The van der Waals surface area contributed by atoms with Crippen molar-refractivity contribution in [2.45, 2.75) is 57.4 Å². The van der Waals surface area contributed by atoms with Crippen LogP contribution in [0.15, 0.2) is 0 Å². The SMILES string of the molecule is CNCC(N)c1nc2c(c(N3CCCCCC3)n1)CCCC2. The molecule has 0 radical (unpaired) electrons. The van der Waals surface area contributed by atoms with Gasteiger partial charge in [-0.15, -0.1) is 0 Å². The summed E-state index contributed by atoms with van der Waals surface area (Å²) in [5, 5.41) is 3.14. The molecule has 1 unspecified atom stereocenters. The van der Waals surface area contributed by atoms with E-state index < -0.39 is 0 Å². The third-order valence-electron chi connectivity index (χ3n) is 4.84. The van der Waals surface area contributed by atoms with Gasteiger partial charge in [0.2, 0.25) is 0 Å². The first-order valence-electron chi connectivity index (χ1n) is 8.84. The lowest BCUT2D eigenvalue weighted by Crippen LogP contribution is -2.31. The number of hydrogen-bond donors (Lipinski definition) is 2. The van der Waals surface area contributed by atoms with Gasteiger partial charge in [0.25, 0.3) is 0 Å². The molecule has 0 aromatic carbocycles. The Bertz CT molecular complexity index is 494. The second kappa shape index (κ2) is 7.38. The van der Waals surface area contributed by atoms with Crippen LogP contribution in [0.4, 0.5) is 5.82 Å². The van der Waals surface area contributed by atoms with Crippen molar-refractivity contribution in [1.82, 2.24) is 15.3 Å². The van der Waals surface area contributed by atoms with Crippen molar-refractivity contribution in [3.8, 4) is 0 Å². The maximum absolute atomic E-state index is 6.26. The maximum atomic E-state index is 6.26. The van der Waals surface area contributed by atoms with Crippen molar-refractivity contribution in [3.05, 3.63) is 17.1 Å². The van der Waals surface area contributed by atoms with Crippen LogP contribution in [-0.4, -0.2) is 36.6 Å². The number of nitrogens with zero attached hydrogens (tertiary/aromatic N) is 3. The number of rotatable bonds is 4. The standard InChI is InChI=1S/C17H29N5/c1-19-12-14(18)16-20-15-9-5-4-8-13(15)17(21-16)22-10-6-2-3-7-11-22/h14,19H,2-12,18H2,1H3. The molecule has 1 aliphatic heterocycles. The summed E-state index contributed by atoms with van der Waals surface area (Å²) in [6.45, 7) is 2.98. The van der Waals surface area contributed by atoms with E-state index in [-0.39, 0.29) is 6.04 Å². The highest BCUT2D eigenvalue weighted by molar-refractivity contribution is 5.50. The molecule has 0 spiro atoms. The topological polar surface area (TPSA) is 67.1 Å². The minimum atomic E-state index is -0.122. The molecule has 1 atom stereocenters. The van der Waals surface area contributed by atoms with Crippen LogP contribution in [0.25, 0.3) is 0 Å². The van der Waals surface area contributed by atoms with Crippen molar-refractivity contribution < 1.29 is 0 Å². The highest BCUT2D eigenvalue weighted by Crippen LogP contribution is 2.30. The van der Waals surface area contributed by atoms with Gasteiger partial charge in [0, 0.05) is 30.9 Å². The molecule has 22 heavy (non-hydrogen) atoms. The van der Waals surface area contributed by atoms with Gasteiger partial charge in [0.1, 0.15) is 11.6 Å². The zero-order valence-corrected chi connectivity index (χ0v) is 13.8. The van der Waals surface area contributed by atoms with Crippen LogP contribution in [0.1, 0.15) is 61.6 Å². The van der Waals surface area contributed by atoms with Gasteiger partial charge < -0.3 is 16.0 Å². The molecular formula is C17H29N5. The van der Waals surface area contributed by atoms with E-state index in [9.17, 15) is 0 Å². The number of likely N-dealkylation sites (N-methyl/N-ethyl adjacent to an activating group) is 1. The zero-order chi connectivity index (χ0) is 15.4. The van der Waals surface area contributed by atoms with E-state index in [1.54, 1.807) is 0 Å². The van der Waals surface area contributed by atoms with E-state index in [4.69, 9.17) is 15.7 Å². The Morgan fingerprint density at radius 3 is 2.50 bits per heavy atom. The van der Waals surface area contributed by atoms with Gasteiger partial charge in [-0.25, -0.2) is 9.97 Å². The number of nitrogens with two attached hydrogens (primary N) is 1. The smallest absolute Gasteiger partial charge is 0.148 e. The first kappa shape index (κ1) is 15.7. The summed E-state index contributed by atoms with van der Waals surface area (Å²) in [5.41, 5.74) is 8.91. The van der Waals surface area contributed by atoms with Crippen molar-refractivity contribution in [1.29, 1.82) is 0 Å². The first-order chi connectivity index (χ1) is 10.8. The molecule has 1 aromatic heterocycles. The predicted octanol–water partition coefficient (Wildman–Crippen LogP) is 1.95. The van der Waals surface area contributed by atoms with E-state index in [0.29, 0.717) is 0 Å². The molecule has 3 rings (SSSR count). The van der Waals surface area contributed by atoms with Gasteiger partial charge in [-0.2, -0.15) is 0 Å². The van der Waals surface area contributed by atoms with Crippen LogP contribution >= 0.6 is 0 Å². The summed E-state index contributed by atoms with van der Waals surface area (Å²) in [5.74, 6) is 2.00. The highest BCUT2D eigenvalue weighted by Gasteiger charge is 2.23. The van der Waals surface area contributed by atoms with Crippen molar-refractivity contribution >= 4 is 5.82 Å². The molecule has 122 valence electrons. The van der Waals surface area contributed by atoms with Gasteiger partial charge in [-0.1, -0.05) is 12.8 Å². The van der Waals surface area contributed by atoms with Crippen LogP contribution in [0.2, 0.25) is 0 Å². The Balaban J connectivity index is 1.96. The lowest BCUT2D eigenvalue weighted by Gasteiger charge is -2.28. The molecule has 5 heteroatoms. The fourth-order valence-corrected chi connectivity index (χ4v) is 3.61. The normalized spacial score (nSPS) is 20.4. The second-order valence-corrected chi connectivity index (χ2v) is 6.60. The van der Waals surface area contributed by atoms with Crippen molar-refractivity contribution in [3.63, 3.8) is 0 Å². The molecule has 1 saturated heterocycles. The average Bonchev–Trinajstić information content (AvgIpc) is 2.83. The van der Waals surface area contributed by atoms with Gasteiger partial charge in [-0.3, -0.25) is 0 Å².